The molecule has 2 unspecified atom stereocenters. The van der Waals surface area contributed by atoms with Gasteiger partial charge in [0.2, 0.25) is 0 Å². The van der Waals surface area contributed by atoms with Gasteiger partial charge >= 0.3 is 0 Å². The summed E-state index contributed by atoms with van der Waals surface area (Å²) in [5.41, 5.74) is 2.05. The molecular formula is C17H24N4O. The molecule has 2 aromatic rings. The molecule has 5 nitrogen and oxygen atoms in total. The van der Waals surface area contributed by atoms with Crippen LogP contribution < -0.4 is 0 Å². The van der Waals surface area contributed by atoms with Crippen molar-refractivity contribution >= 4 is 11.2 Å². The summed E-state index contributed by atoms with van der Waals surface area (Å²) in [6.07, 6.45) is 6.49. The van der Waals surface area contributed by atoms with Gasteiger partial charge in [-0.2, -0.15) is 0 Å². The molecule has 0 spiro atoms. The third-order valence-corrected chi connectivity index (χ3v) is 4.98. The molecule has 0 radical (unpaired) electrons. The lowest BCUT2D eigenvalue weighted by molar-refractivity contribution is 0.0592. The molecule has 2 aromatic heterocycles. The molecule has 2 saturated heterocycles. The first kappa shape index (κ1) is 14.2. The van der Waals surface area contributed by atoms with Gasteiger partial charge in [0.25, 0.3) is 0 Å². The first-order valence-corrected chi connectivity index (χ1v) is 8.39. The first-order chi connectivity index (χ1) is 10.8. The van der Waals surface area contributed by atoms with E-state index in [-0.39, 0.29) is 0 Å². The number of likely N-dealkylation sites (tertiary alicyclic amines) is 1. The lowest BCUT2D eigenvalue weighted by Crippen LogP contribution is -2.24. The van der Waals surface area contributed by atoms with Gasteiger partial charge in [-0.05, 0) is 50.9 Å². The van der Waals surface area contributed by atoms with Crippen molar-refractivity contribution in [3.63, 3.8) is 0 Å². The van der Waals surface area contributed by atoms with Crippen LogP contribution in [0.25, 0.3) is 11.2 Å². The third kappa shape index (κ3) is 2.63. The molecule has 0 N–H and O–H groups in total. The van der Waals surface area contributed by atoms with E-state index in [1.165, 1.54) is 31.8 Å². The van der Waals surface area contributed by atoms with Crippen LogP contribution in [0.15, 0.2) is 18.3 Å². The molecule has 118 valence electrons. The zero-order valence-electron chi connectivity index (χ0n) is 13.2. The van der Waals surface area contributed by atoms with Gasteiger partial charge in [0.05, 0.1) is 12.6 Å². The summed E-state index contributed by atoms with van der Waals surface area (Å²) in [4.78, 5) is 11.9. The Morgan fingerprint density at radius 1 is 1.36 bits per heavy atom. The van der Waals surface area contributed by atoms with E-state index in [1.54, 1.807) is 0 Å². The van der Waals surface area contributed by atoms with Gasteiger partial charge in [-0.3, -0.25) is 0 Å². The molecule has 2 atom stereocenters. The number of nitrogens with zero attached hydrogens (tertiary/aromatic N) is 4. The lowest BCUT2D eigenvalue weighted by Gasteiger charge is -2.26. The first-order valence-electron chi connectivity index (χ1n) is 8.39. The molecule has 0 aromatic carbocycles. The molecule has 2 aliphatic heterocycles. The average molecular weight is 300 g/mol. The van der Waals surface area contributed by atoms with Crippen LogP contribution in [0.3, 0.4) is 0 Å². The number of pyridine rings is 1. The molecule has 0 amide bonds. The van der Waals surface area contributed by atoms with E-state index in [0.29, 0.717) is 12.0 Å². The maximum absolute atomic E-state index is 5.71. The van der Waals surface area contributed by atoms with E-state index in [0.717, 1.165) is 37.2 Å². The second kappa shape index (κ2) is 5.97. The van der Waals surface area contributed by atoms with E-state index < -0.39 is 0 Å². The maximum atomic E-state index is 5.71. The standard InChI is InChI=1S/C17H24N4O/c1-20-8-6-13(11-20)10-16-19-15-5-2-7-18-17(15)21(16)14-4-3-9-22-12-14/h2,5,7,13-14H,3-4,6,8-12H2,1H3. The normalized spacial score (nSPS) is 26.8. The molecular weight excluding hydrogens is 276 g/mol. The molecule has 0 bridgehead atoms. The van der Waals surface area contributed by atoms with Crippen LogP contribution in [0, 0.1) is 5.92 Å². The highest BCUT2D eigenvalue weighted by Gasteiger charge is 2.26. The van der Waals surface area contributed by atoms with Crippen molar-refractivity contribution in [1.29, 1.82) is 0 Å². The van der Waals surface area contributed by atoms with E-state index in [9.17, 15) is 0 Å². The Labute approximate surface area is 131 Å². The molecule has 0 saturated carbocycles. The van der Waals surface area contributed by atoms with Crippen LogP contribution in [0.4, 0.5) is 0 Å². The van der Waals surface area contributed by atoms with Gasteiger partial charge in [0.15, 0.2) is 5.65 Å². The second-order valence-electron chi connectivity index (χ2n) is 6.74. The van der Waals surface area contributed by atoms with Crippen molar-refractivity contribution in [1.82, 2.24) is 19.4 Å². The summed E-state index contributed by atoms with van der Waals surface area (Å²) in [6.45, 7) is 4.06. The van der Waals surface area contributed by atoms with Crippen LogP contribution in [0.1, 0.15) is 31.1 Å². The Bertz CT molecular complexity index is 647. The van der Waals surface area contributed by atoms with Gasteiger partial charge in [0, 0.05) is 25.8 Å². The van der Waals surface area contributed by atoms with Gasteiger partial charge < -0.3 is 14.2 Å². The number of hydrogen-bond donors (Lipinski definition) is 0. The highest BCUT2D eigenvalue weighted by atomic mass is 16.5. The lowest BCUT2D eigenvalue weighted by atomic mass is 10.0. The van der Waals surface area contributed by atoms with Crippen molar-refractivity contribution in [2.24, 2.45) is 5.92 Å². The molecule has 4 rings (SSSR count). The zero-order chi connectivity index (χ0) is 14.9. The monoisotopic (exact) mass is 300 g/mol. The summed E-state index contributed by atoms with van der Waals surface area (Å²) in [5, 5.41) is 0. The van der Waals surface area contributed by atoms with E-state index >= 15 is 0 Å². The van der Waals surface area contributed by atoms with Crippen molar-refractivity contribution < 1.29 is 4.74 Å². The van der Waals surface area contributed by atoms with Gasteiger partial charge in [0.1, 0.15) is 11.3 Å². The number of ether oxygens (including phenoxy) is 1. The number of rotatable bonds is 3. The molecule has 22 heavy (non-hydrogen) atoms. The van der Waals surface area contributed by atoms with Crippen molar-refractivity contribution in [3.05, 3.63) is 24.2 Å². The largest absolute Gasteiger partial charge is 0.379 e. The average Bonchev–Trinajstić information content (AvgIpc) is 3.11. The topological polar surface area (TPSA) is 43.2 Å². The van der Waals surface area contributed by atoms with Crippen LogP contribution in [0.2, 0.25) is 0 Å². The fourth-order valence-electron chi connectivity index (χ4n) is 3.88. The molecule has 2 aliphatic rings. The van der Waals surface area contributed by atoms with E-state index in [4.69, 9.17) is 9.72 Å². The van der Waals surface area contributed by atoms with Crippen molar-refractivity contribution in [3.8, 4) is 0 Å². The number of hydrogen-bond acceptors (Lipinski definition) is 4. The summed E-state index contributed by atoms with van der Waals surface area (Å²) < 4.78 is 8.08. The Kier molecular flexibility index (Phi) is 3.84. The molecule has 2 fully saturated rings. The van der Waals surface area contributed by atoms with Crippen molar-refractivity contribution in [2.75, 3.05) is 33.4 Å². The van der Waals surface area contributed by atoms with E-state index in [2.05, 4.69) is 27.6 Å². The fourth-order valence-corrected chi connectivity index (χ4v) is 3.88. The van der Waals surface area contributed by atoms with Crippen molar-refractivity contribution in [2.45, 2.75) is 31.7 Å². The summed E-state index contributed by atoms with van der Waals surface area (Å²) >= 11 is 0. The Morgan fingerprint density at radius 3 is 3.09 bits per heavy atom. The maximum Gasteiger partial charge on any atom is 0.160 e. The zero-order valence-corrected chi connectivity index (χ0v) is 13.2. The Balaban J connectivity index is 1.69. The van der Waals surface area contributed by atoms with Gasteiger partial charge in [-0.15, -0.1) is 0 Å². The molecule has 4 heterocycles. The predicted octanol–water partition coefficient (Wildman–Crippen LogP) is 2.28. The fraction of sp³-hybridized carbons (Fsp3) is 0.647. The molecule has 0 aliphatic carbocycles. The Hall–Kier alpha value is -1.46. The van der Waals surface area contributed by atoms with Gasteiger partial charge in [-0.1, -0.05) is 0 Å². The van der Waals surface area contributed by atoms with Crippen LogP contribution in [-0.2, 0) is 11.2 Å². The summed E-state index contributed by atoms with van der Waals surface area (Å²) in [5.74, 6) is 1.91. The SMILES string of the molecule is CN1CCC(Cc2nc3cccnc3n2C2CCCOC2)C1. The highest BCUT2D eigenvalue weighted by molar-refractivity contribution is 5.71. The van der Waals surface area contributed by atoms with Gasteiger partial charge in [-0.25, -0.2) is 9.97 Å². The minimum atomic E-state index is 0.391. The van der Waals surface area contributed by atoms with Crippen LogP contribution in [-0.4, -0.2) is 52.8 Å². The minimum absolute atomic E-state index is 0.391. The minimum Gasteiger partial charge on any atom is -0.379 e. The predicted molar refractivity (Wildman–Crippen MR) is 85.9 cm³/mol. The third-order valence-electron chi connectivity index (χ3n) is 4.98. The smallest absolute Gasteiger partial charge is 0.160 e. The molecule has 5 heteroatoms. The Morgan fingerprint density at radius 2 is 2.32 bits per heavy atom. The quantitative estimate of drug-likeness (QED) is 0.872. The summed E-state index contributed by atoms with van der Waals surface area (Å²) in [6, 6.07) is 4.44. The summed E-state index contributed by atoms with van der Waals surface area (Å²) in [7, 11) is 2.21. The second-order valence-corrected chi connectivity index (χ2v) is 6.74. The number of fused-ring (bicyclic) bond motifs is 1. The highest BCUT2D eigenvalue weighted by Crippen LogP contribution is 2.28. The van der Waals surface area contributed by atoms with Crippen LogP contribution >= 0.6 is 0 Å². The number of aromatic nitrogens is 3. The van der Waals surface area contributed by atoms with Crippen LogP contribution in [0.5, 0.6) is 0 Å². The van der Waals surface area contributed by atoms with E-state index in [1.807, 2.05) is 12.3 Å². The number of imidazole rings is 1.